The first-order valence-electron chi connectivity index (χ1n) is 11.4. The summed E-state index contributed by atoms with van der Waals surface area (Å²) in [6.07, 6.45) is 16.4. The molecule has 3 rings (SSSR count). The van der Waals surface area contributed by atoms with Crippen molar-refractivity contribution in [2.45, 2.75) is 102 Å². The first-order valence-corrected chi connectivity index (χ1v) is 11.4. The van der Waals surface area contributed by atoms with E-state index in [1.807, 2.05) is 0 Å². The van der Waals surface area contributed by atoms with Crippen molar-refractivity contribution in [2.75, 3.05) is 0 Å². The predicted molar refractivity (Wildman–Crippen MR) is 115 cm³/mol. The third-order valence-corrected chi connectivity index (χ3v) is 6.04. The Kier molecular flexibility index (Phi) is 8.53. The van der Waals surface area contributed by atoms with E-state index in [4.69, 9.17) is 10.3 Å². The number of nitrogens with zero attached hydrogens (tertiary/aromatic N) is 2. The predicted octanol–water partition coefficient (Wildman–Crippen LogP) is 6.40. The van der Waals surface area contributed by atoms with E-state index in [0.29, 0.717) is 11.7 Å². The van der Waals surface area contributed by atoms with Gasteiger partial charge in [-0.25, -0.2) is 0 Å². The fourth-order valence-electron chi connectivity index (χ4n) is 4.25. The average molecular weight is 384 g/mol. The number of unbranched alkanes of at least 4 members (excludes halogenated alkanes) is 7. The Labute approximate surface area is 170 Å². The molecule has 1 aromatic carbocycles. The first-order chi connectivity index (χ1) is 13.8. The Hall–Kier alpha value is -1.68. The van der Waals surface area contributed by atoms with Gasteiger partial charge in [-0.2, -0.15) is 4.98 Å². The van der Waals surface area contributed by atoms with E-state index >= 15 is 0 Å². The molecule has 1 aliphatic rings. The highest BCUT2D eigenvalue weighted by molar-refractivity contribution is 5.54. The fourth-order valence-corrected chi connectivity index (χ4v) is 4.25. The van der Waals surface area contributed by atoms with Gasteiger partial charge in [0, 0.05) is 17.5 Å². The van der Waals surface area contributed by atoms with Crippen LogP contribution in [0.3, 0.4) is 0 Å². The van der Waals surface area contributed by atoms with Gasteiger partial charge < -0.3 is 10.3 Å². The summed E-state index contributed by atoms with van der Waals surface area (Å²) in [5, 5.41) is 4.21. The minimum atomic E-state index is 0.268. The quantitative estimate of drug-likeness (QED) is 0.456. The van der Waals surface area contributed by atoms with Crippen LogP contribution in [0, 0.1) is 0 Å². The van der Waals surface area contributed by atoms with Gasteiger partial charge in [0.05, 0.1) is 0 Å². The molecular weight excluding hydrogens is 346 g/mol. The van der Waals surface area contributed by atoms with Gasteiger partial charge in [0.15, 0.2) is 0 Å². The summed E-state index contributed by atoms with van der Waals surface area (Å²) >= 11 is 0. The molecule has 0 aliphatic heterocycles. The van der Waals surface area contributed by atoms with Crippen LogP contribution in [0.4, 0.5) is 0 Å². The lowest BCUT2D eigenvalue weighted by molar-refractivity contribution is 0.299. The molecule has 1 saturated carbocycles. The molecule has 0 spiro atoms. The van der Waals surface area contributed by atoms with Crippen LogP contribution in [0.2, 0.25) is 0 Å². The highest BCUT2D eigenvalue weighted by Gasteiger charge is 2.25. The highest BCUT2D eigenvalue weighted by Crippen LogP contribution is 2.32. The van der Waals surface area contributed by atoms with Gasteiger partial charge in [0.25, 0.3) is 0 Å². The van der Waals surface area contributed by atoms with Crippen molar-refractivity contribution < 1.29 is 4.52 Å². The summed E-state index contributed by atoms with van der Waals surface area (Å²) in [7, 11) is 0. The molecule has 154 valence electrons. The lowest BCUT2D eigenvalue weighted by Crippen LogP contribution is -2.26. The van der Waals surface area contributed by atoms with E-state index in [1.165, 1.54) is 56.9 Å². The molecule has 2 N–H and O–H groups in total. The van der Waals surface area contributed by atoms with E-state index in [0.717, 1.165) is 43.6 Å². The van der Waals surface area contributed by atoms with Crippen LogP contribution in [0.5, 0.6) is 0 Å². The maximum atomic E-state index is 6.09. The normalized spacial score (nSPS) is 19.8. The average Bonchev–Trinajstić information content (AvgIpc) is 3.21. The maximum absolute atomic E-state index is 6.09. The molecule has 28 heavy (non-hydrogen) atoms. The van der Waals surface area contributed by atoms with Crippen LogP contribution in [0.15, 0.2) is 28.8 Å². The van der Waals surface area contributed by atoms with Crippen LogP contribution < -0.4 is 5.73 Å². The summed E-state index contributed by atoms with van der Waals surface area (Å²) in [6, 6.07) is 8.94. The van der Waals surface area contributed by atoms with Gasteiger partial charge in [-0.3, -0.25) is 0 Å². The van der Waals surface area contributed by atoms with Crippen LogP contribution in [-0.4, -0.2) is 16.2 Å². The number of benzene rings is 1. The van der Waals surface area contributed by atoms with Crippen LogP contribution in [0.25, 0.3) is 11.4 Å². The summed E-state index contributed by atoms with van der Waals surface area (Å²) in [5.41, 5.74) is 8.53. The van der Waals surface area contributed by atoms with Crippen molar-refractivity contribution >= 4 is 0 Å². The third-order valence-electron chi connectivity index (χ3n) is 6.04. The number of hydrogen-bond donors (Lipinski definition) is 1. The zero-order valence-corrected chi connectivity index (χ0v) is 17.5. The zero-order chi connectivity index (χ0) is 19.6. The summed E-state index contributed by atoms with van der Waals surface area (Å²) < 4.78 is 5.55. The lowest BCUT2D eigenvalue weighted by Gasteiger charge is -2.23. The third kappa shape index (κ3) is 6.44. The highest BCUT2D eigenvalue weighted by atomic mass is 16.5. The van der Waals surface area contributed by atoms with Crippen LogP contribution in [0.1, 0.15) is 101 Å². The Balaban J connectivity index is 1.42. The monoisotopic (exact) mass is 383 g/mol. The number of rotatable bonds is 11. The molecule has 1 aromatic heterocycles. The molecule has 4 heteroatoms. The molecule has 0 bridgehead atoms. The molecule has 1 heterocycles. The SMILES string of the molecule is CCCCCCCCCCc1ccc(-c2noc(C3CCCC(N)C3)n2)cc1. The summed E-state index contributed by atoms with van der Waals surface area (Å²) in [5.74, 6) is 1.78. The summed E-state index contributed by atoms with van der Waals surface area (Å²) in [6.45, 7) is 2.27. The first kappa shape index (κ1) is 21.0. The van der Waals surface area contributed by atoms with Gasteiger partial charge in [0.2, 0.25) is 11.7 Å². The number of hydrogen-bond acceptors (Lipinski definition) is 4. The lowest BCUT2D eigenvalue weighted by atomic mass is 9.86. The number of nitrogens with two attached hydrogens (primary N) is 1. The van der Waals surface area contributed by atoms with E-state index in [-0.39, 0.29) is 6.04 Å². The second-order valence-electron chi connectivity index (χ2n) is 8.50. The summed E-state index contributed by atoms with van der Waals surface area (Å²) in [4.78, 5) is 4.65. The molecule has 0 saturated heterocycles. The van der Waals surface area contributed by atoms with Crippen molar-refractivity contribution in [3.05, 3.63) is 35.7 Å². The molecule has 0 amide bonds. The molecule has 2 aromatic rings. The Morgan fingerprint density at radius 3 is 2.39 bits per heavy atom. The van der Waals surface area contributed by atoms with Gasteiger partial charge in [-0.05, 0) is 37.7 Å². The molecule has 0 radical (unpaired) electrons. The molecule has 1 fully saturated rings. The molecule has 1 aliphatic carbocycles. The van der Waals surface area contributed by atoms with Gasteiger partial charge in [-0.1, -0.05) is 87.7 Å². The number of aryl methyl sites for hydroxylation is 1. The maximum Gasteiger partial charge on any atom is 0.230 e. The largest absolute Gasteiger partial charge is 0.339 e. The van der Waals surface area contributed by atoms with Crippen molar-refractivity contribution in [3.8, 4) is 11.4 Å². The minimum absolute atomic E-state index is 0.268. The standard InChI is InChI=1S/C24H37N3O/c1-2-3-4-5-6-7-8-9-11-19-14-16-20(17-15-19)23-26-24(28-27-23)21-12-10-13-22(25)18-21/h14-17,21-22H,2-13,18,25H2,1H3. The second kappa shape index (κ2) is 11.4. The van der Waals surface area contributed by atoms with E-state index in [1.54, 1.807) is 0 Å². The molecule has 4 nitrogen and oxygen atoms in total. The Morgan fingerprint density at radius 2 is 1.68 bits per heavy atom. The fraction of sp³-hybridized carbons (Fsp3) is 0.667. The molecule has 2 unspecified atom stereocenters. The van der Waals surface area contributed by atoms with Gasteiger partial charge in [0.1, 0.15) is 0 Å². The van der Waals surface area contributed by atoms with Crippen molar-refractivity contribution in [3.63, 3.8) is 0 Å². The zero-order valence-electron chi connectivity index (χ0n) is 17.5. The van der Waals surface area contributed by atoms with Crippen molar-refractivity contribution in [1.82, 2.24) is 10.1 Å². The molecule has 2 atom stereocenters. The van der Waals surface area contributed by atoms with E-state index < -0.39 is 0 Å². The Bertz CT molecular complexity index is 679. The minimum Gasteiger partial charge on any atom is -0.339 e. The Morgan fingerprint density at radius 1 is 0.964 bits per heavy atom. The van der Waals surface area contributed by atoms with Crippen LogP contribution in [-0.2, 0) is 6.42 Å². The van der Waals surface area contributed by atoms with Crippen molar-refractivity contribution in [1.29, 1.82) is 0 Å². The van der Waals surface area contributed by atoms with Crippen molar-refractivity contribution in [2.24, 2.45) is 5.73 Å². The number of aromatic nitrogens is 2. The van der Waals surface area contributed by atoms with Crippen LogP contribution >= 0.6 is 0 Å². The van der Waals surface area contributed by atoms with E-state index in [2.05, 4.69) is 41.3 Å². The smallest absolute Gasteiger partial charge is 0.230 e. The van der Waals surface area contributed by atoms with E-state index in [9.17, 15) is 0 Å². The molecular formula is C24H37N3O. The topological polar surface area (TPSA) is 64.9 Å². The second-order valence-corrected chi connectivity index (χ2v) is 8.50. The van der Waals surface area contributed by atoms with Gasteiger partial charge in [-0.15, -0.1) is 0 Å². The van der Waals surface area contributed by atoms with Gasteiger partial charge >= 0.3 is 0 Å².